The second-order valence-corrected chi connectivity index (χ2v) is 12.2. The van der Waals surface area contributed by atoms with Gasteiger partial charge in [0.05, 0.1) is 34.0 Å². The van der Waals surface area contributed by atoms with Crippen LogP contribution in [0.5, 0.6) is 0 Å². The Hall–Kier alpha value is -4.22. The maximum absolute atomic E-state index is 13.0. The zero-order valence-electron chi connectivity index (χ0n) is 22.8. The van der Waals surface area contributed by atoms with Crippen LogP contribution in [-0.4, -0.2) is 24.9 Å². The molecule has 5 nitrogen and oxygen atoms in total. The van der Waals surface area contributed by atoms with Gasteiger partial charge in [0.2, 0.25) is 0 Å². The molecular weight excluding hydrogens is 492 g/mol. The van der Waals surface area contributed by atoms with E-state index in [0.717, 1.165) is 51.5 Å². The lowest BCUT2D eigenvalue weighted by Crippen LogP contribution is -2.48. The second-order valence-electron chi connectivity index (χ2n) is 12.2. The first-order chi connectivity index (χ1) is 19.4. The normalized spacial score (nSPS) is 26.3. The number of aromatic amines is 1. The number of H-pyrrole nitrogens is 1. The molecule has 198 valence electrons. The van der Waals surface area contributed by atoms with Crippen LogP contribution in [0.3, 0.4) is 0 Å². The van der Waals surface area contributed by atoms with Crippen LogP contribution >= 0.6 is 0 Å². The molecule has 0 spiro atoms. The third kappa shape index (κ3) is 3.31. The van der Waals surface area contributed by atoms with Gasteiger partial charge in [-0.2, -0.15) is 5.10 Å². The van der Waals surface area contributed by atoms with Gasteiger partial charge in [-0.1, -0.05) is 86.7 Å². The third-order valence-electron chi connectivity index (χ3n) is 9.79. The topological polar surface area (TPSA) is 66.7 Å². The minimum atomic E-state index is -1.35. The lowest BCUT2D eigenvalue weighted by molar-refractivity contribution is 0.0135. The van der Waals surface area contributed by atoms with Crippen molar-refractivity contribution >= 4 is 16.6 Å². The van der Waals surface area contributed by atoms with Gasteiger partial charge in [-0.15, -0.1) is 0 Å². The number of rotatable bonds is 4. The Morgan fingerprint density at radius 1 is 0.925 bits per heavy atom. The zero-order chi connectivity index (χ0) is 27.1. The average Bonchev–Trinajstić information content (AvgIpc) is 3.60. The molecule has 4 aliphatic rings. The molecule has 2 heterocycles. The van der Waals surface area contributed by atoms with Crippen LogP contribution in [0.1, 0.15) is 60.4 Å². The van der Waals surface area contributed by atoms with E-state index in [1.54, 1.807) is 0 Å². The summed E-state index contributed by atoms with van der Waals surface area (Å²) in [5.41, 5.74) is 7.09. The molecule has 1 fully saturated rings. The third-order valence-corrected chi connectivity index (χ3v) is 9.79. The van der Waals surface area contributed by atoms with Crippen LogP contribution in [0.15, 0.2) is 103 Å². The summed E-state index contributed by atoms with van der Waals surface area (Å²) in [5.74, 6) is 1.31. The molecular formula is C35H32N4O. The van der Waals surface area contributed by atoms with Crippen LogP contribution in [0.2, 0.25) is 0 Å². The fourth-order valence-electron chi connectivity index (χ4n) is 7.33. The van der Waals surface area contributed by atoms with Gasteiger partial charge in [0.15, 0.2) is 0 Å². The summed E-state index contributed by atoms with van der Waals surface area (Å²) in [4.78, 5) is 8.55. The van der Waals surface area contributed by atoms with Crippen molar-refractivity contribution in [2.24, 2.45) is 11.3 Å². The highest BCUT2D eigenvalue weighted by Crippen LogP contribution is 2.63. The van der Waals surface area contributed by atoms with Gasteiger partial charge in [-0.25, -0.2) is 9.67 Å². The summed E-state index contributed by atoms with van der Waals surface area (Å²) in [6, 6.07) is 28.7. The molecule has 40 heavy (non-hydrogen) atoms. The first-order valence-electron chi connectivity index (χ1n) is 14.2. The molecule has 4 atom stereocenters. The van der Waals surface area contributed by atoms with Gasteiger partial charge in [-0.05, 0) is 65.7 Å². The summed E-state index contributed by atoms with van der Waals surface area (Å²) < 4.78 is 2.02. The smallest absolute Gasteiger partial charge is 0.139 e. The van der Waals surface area contributed by atoms with Crippen LogP contribution in [-0.2, 0) is 12.0 Å². The SMILES string of the molecule is CC1(C)C2Cc3c(nn(-c4ccccc4)c3C3(O)C=CC(c4ccccc4)=CC3c3nc4ccccc4[nH]3)C1C2. The van der Waals surface area contributed by atoms with Gasteiger partial charge in [0.25, 0.3) is 0 Å². The molecule has 5 aromatic rings. The highest BCUT2D eigenvalue weighted by atomic mass is 16.3. The van der Waals surface area contributed by atoms with Gasteiger partial charge < -0.3 is 10.1 Å². The number of hydrogen-bond acceptors (Lipinski definition) is 3. The number of allylic oxidation sites excluding steroid dienone is 2. The fraction of sp³-hybridized carbons (Fsp3) is 0.257. The average molecular weight is 525 g/mol. The maximum atomic E-state index is 13.0. The molecule has 0 amide bonds. The number of benzene rings is 3. The van der Waals surface area contributed by atoms with Crippen LogP contribution in [0.25, 0.3) is 22.3 Å². The van der Waals surface area contributed by atoms with Crippen LogP contribution in [0.4, 0.5) is 0 Å². The Kier molecular flexibility index (Phi) is 4.96. The highest BCUT2D eigenvalue weighted by molar-refractivity contribution is 5.79. The van der Waals surface area contributed by atoms with E-state index >= 15 is 0 Å². The number of hydrogen-bond donors (Lipinski definition) is 2. The molecule has 4 unspecified atom stereocenters. The van der Waals surface area contributed by atoms with E-state index in [2.05, 4.69) is 67.4 Å². The van der Waals surface area contributed by atoms with Crippen molar-refractivity contribution in [3.05, 3.63) is 131 Å². The van der Waals surface area contributed by atoms with E-state index < -0.39 is 11.5 Å². The molecule has 1 saturated carbocycles. The van der Waals surface area contributed by atoms with Crippen molar-refractivity contribution in [1.82, 2.24) is 19.7 Å². The lowest BCUT2D eigenvalue weighted by Gasteiger charge is -2.55. The molecule has 3 aromatic carbocycles. The van der Waals surface area contributed by atoms with Gasteiger partial charge in [0, 0.05) is 11.5 Å². The molecule has 0 radical (unpaired) electrons. The van der Waals surface area contributed by atoms with Crippen molar-refractivity contribution in [3.8, 4) is 5.69 Å². The minimum absolute atomic E-state index is 0.226. The Morgan fingerprint density at radius 2 is 1.65 bits per heavy atom. The first-order valence-corrected chi connectivity index (χ1v) is 14.2. The maximum Gasteiger partial charge on any atom is 0.139 e. The monoisotopic (exact) mass is 524 g/mol. The number of para-hydroxylation sites is 3. The van der Waals surface area contributed by atoms with E-state index in [1.165, 1.54) is 12.0 Å². The molecule has 4 aliphatic carbocycles. The second kappa shape index (κ2) is 8.39. The quantitative estimate of drug-likeness (QED) is 0.265. The Morgan fingerprint density at radius 3 is 2.40 bits per heavy atom. The Labute approximate surface area is 233 Å². The van der Waals surface area contributed by atoms with Crippen LogP contribution < -0.4 is 0 Å². The molecule has 0 saturated heterocycles. The van der Waals surface area contributed by atoms with Crippen molar-refractivity contribution < 1.29 is 5.11 Å². The summed E-state index contributed by atoms with van der Waals surface area (Å²) >= 11 is 0. The van der Waals surface area contributed by atoms with Crippen molar-refractivity contribution in [2.75, 3.05) is 0 Å². The van der Waals surface area contributed by atoms with Gasteiger partial charge >= 0.3 is 0 Å². The van der Waals surface area contributed by atoms with E-state index in [0.29, 0.717) is 11.8 Å². The predicted octanol–water partition coefficient (Wildman–Crippen LogP) is 7.06. The fourth-order valence-corrected chi connectivity index (χ4v) is 7.33. The number of aromatic nitrogens is 4. The van der Waals surface area contributed by atoms with E-state index in [1.807, 2.05) is 59.3 Å². The standard InChI is InChI=1S/C35H32N4O/c1-34(2)24-20-26-31(27(34)21-24)38-39(25-13-7-4-8-14-25)32(26)35(40)18-17-23(22-11-5-3-6-12-22)19-28(35)33-36-29-15-9-10-16-30(29)37-33/h3-19,24,27-28,40H,20-21H2,1-2H3,(H,36,37). The molecule has 9 rings (SSSR count). The van der Waals surface area contributed by atoms with Crippen molar-refractivity contribution in [1.29, 1.82) is 0 Å². The summed E-state index contributed by atoms with van der Waals surface area (Å²) in [7, 11) is 0. The van der Waals surface area contributed by atoms with Gasteiger partial charge in [-0.3, -0.25) is 0 Å². The first kappa shape index (κ1) is 23.6. The summed E-state index contributed by atoms with van der Waals surface area (Å²) in [5, 5.41) is 18.3. The summed E-state index contributed by atoms with van der Waals surface area (Å²) in [6.07, 6.45) is 8.32. The number of aliphatic hydroxyl groups is 1. The number of fused-ring (bicyclic) bond motifs is 1. The summed E-state index contributed by atoms with van der Waals surface area (Å²) in [6.45, 7) is 4.74. The molecule has 5 heteroatoms. The van der Waals surface area contributed by atoms with E-state index in [-0.39, 0.29) is 5.41 Å². The Bertz CT molecular complexity index is 1780. The zero-order valence-corrected chi connectivity index (χ0v) is 22.8. The predicted molar refractivity (Wildman–Crippen MR) is 158 cm³/mol. The molecule has 2 bridgehead atoms. The van der Waals surface area contributed by atoms with Crippen molar-refractivity contribution in [2.45, 2.75) is 44.1 Å². The number of nitrogens with zero attached hydrogens (tertiary/aromatic N) is 3. The lowest BCUT2D eigenvalue weighted by atomic mass is 9.48. The molecule has 2 aromatic heterocycles. The molecule has 0 aliphatic heterocycles. The van der Waals surface area contributed by atoms with E-state index in [4.69, 9.17) is 10.1 Å². The Balaban J connectivity index is 1.37. The van der Waals surface area contributed by atoms with Crippen LogP contribution in [0, 0.1) is 11.3 Å². The minimum Gasteiger partial charge on any atom is -0.378 e. The van der Waals surface area contributed by atoms with Gasteiger partial charge in [0.1, 0.15) is 11.4 Å². The van der Waals surface area contributed by atoms with E-state index in [9.17, 15) is 5.11 Å². The largest absolute Gasteiger partial charge is 0.378 e. The van der Waals surface area contributed by atoms with Crippen molar-refractivity contribution in [3.63, 3.8) is 0 Å². The molecule has 2 N–H and O–H groups in total. The number of imidazole rings is 1. The highest BCUT2D eigenvalue weighted by Gasteiger charge is 2.57. The number of nitrogens with one attached hydrogen (secondary N) is 1.